The van der Waals surface area contributed by atoms with Gasteiger partial charge in [-0.2, -0.15) is 0 Å². The molecule has 5 heteroatoms. The molecule has 1 aromatic rings. The van der Waals surface area contributed by atoms with Crippen LogP contribution in [0.5, 0.6) is 0 Å². The highest BCUT2D eigenvalue weighted by Gasteiger charge is 2.30. The summed E-state index contributed by atoms with van der Waals surface area (Å²) in [5, 5.41) is 10.1. The molecule has 1 rings (SSSR count). The molecule has 1 unspecified atom stereocenters. The lowest BCUT2D eigenvalue weighted by molar-refractivity contribution is 0.0391. The Morgan fingerprint density at radius 3 is 2.87 bits per heavy atom. The second-order valence-corrected chi connectivity index (χ2v) is 3.98. The fourth-order valence-electron chi connectivity index (χ4n) is 1.08. The molecule has 0 saturated heterocycles. The molecule has 0 aliphatic rings. The highest BCUT2D eigenvalue weighted by molar-refractivity contribution is 6.31. The Morgan fingerprint density at radius 2 is 2.33 bits per heavy atom. The lowest BCUT2D eigenvalue weighted by Crippen LogP contribution is -2.34. The summed E-state index contributed by atoms with van der Waals surface area (Å²) in [4.78, 5) is 15.6. The molecular formula is C10H13ClN2O2. The molecule has 4 nitrogen and oxygen atoms in total. The van der Waals surface area contributed by atoms with Gasteiger partial charge in [-0.15, -0.1) is 0 Å². The molecule has 0 aromatic carbocycles. The molecule has 0 radical (unpaired) electrons. The van der Waals surface area contributed by atoms with E-state index in [1.807, 2.05) is 0 Å². The molecule has 0 saturated carbocycles. The summed E-state index contributed by atoms with van der Waals surface area (Å²) in [6.45, 7) is 3.15. The summed E-state index contributed by atoms with van der Waals surface area (Å²) >= 11 is 5.70. The third-order valence-corrected chi connectivity index (χ3v) is 2.51. The number of hydrogen-bond acceptors (Lipinski definition) is 4. The number of carbonyl (C=O) groups excluding carboxylic acids is 1. The number of Topliss-reactive ketones (excluding diaryl/α,β-unsaturated/α-hetero) is 1. The summed E-state index contributed by atoms with van der Waals surface area (Å²) < 4.78 is 0. The molecule has 0 bridgehead atoms. The number of aromatic nitrogens is 1. The van der Waals surface area contributed by atoms with Crippen molar-refractivity contribution in [1.29, 1.82) is 0 Å². The average Bonchev–Trinajstić information content (AvgIpc) is 2.20. The van der Waals surface area contributed by atoms with Gasteiger partial charge in [0.05, 0.1) is 10.6 Å². The Balaban J connectivity index is 3.17. The Labute approximate surface area is 93.1 Å². The molecule has 0 fully saturated rings. The van der Waals surface area contributed by atoms with Crippen molar-refractivity contribution in [3.63, 3.8) is 0 Å². The second kappa shape index (κ2) is 4.16. The van der Waals surface area contributed by atoms with Crippen LogP contribution < -0.4 is 5.73 Å². The number of nitrogens with zero attached hydrogens (tertiary/aromatic N) is 1. The minimum Gasteiger partial charge on any atom is -0.383 e. The molecule has 1 heterocycles. The predicted octanol–water partition coefficient (Wildman–Crippen LogP) is 1.66. The maximum atomic E-state index is 11.8. The maximum Gasteiger partial charge on any atom is 0.197 e. The SMILES string of the molecule is CCC(C)(O)C(=O)c1cc(Cl)cnc1N. The molecule has 0 spiro atoms. The Bertz CT molecular complexity index is 391. The van der Waals surface area contributed by atoms with Gasteiger partial charge in [0, 0.05) is 6.20 Å². The van der Waals surface area contributed by atoms with E-state index in [-0.39, 0.29) is 11.4 Å². The average molecular weight is 229 g/mol. The first-order valence-electron chi connectivity index (χ1n) is 4.56. The van der Waals surface area contributed by atoms with Gasteiger partial charge in [0.25, 0.3) is 0 Å². The van der Waals surface area contributed by atoms with Gasteiger partial charge in [0.15, 0.2) is 5.78 Å². The van der Waals surface area contributed by atoms with Crippen LogP contribution in [0, 0.1) is 0 Å². The van der Waals surface area contributed by atoms with Gasteiger partial charge in [-0.25, -0.2) is 4.98 Å². The second-order valence-electron chi connectivity index (χ2n) is 3.54. The minimum absolute atomic E-state index is 0.0816. The molecule has 3 N–H and O–H groups in total. The van der Waals surface area contributed by atoms with Crippen molar-refractivity contribution in [2.75, 3.05) is 5.73 Å². The van der Waals surface area contributed by atoms with Crippen LogP contribution in [0.4, 0.5) is 5.82 Å². The van der Waals surface area contributed by atoms with E-state index in [1.54, 1.807) is 6.92 Å². The van der Waals surface area contributed by atoms with Crippen LogP contribution in [0.1, 0.15) is 30.6 Å². The van der Waals surface area contributed by atoms with Crippen LogP contribution in [-0.2, 0) is 0 Å². The zero-order chi connectivity index (χ0) is 11.6. The molecule has 1 aromatic heterocycles. The number of ketones is 1. The highest BCUT2D eigenvalue weighted by Crippen LogP contribution is 2.22. The number of anilines is 1. The number of hydrogen-bond donors (Lipinski definition) is 2. The van der Waals surface area contributed by atoms with Crippen LogP contribution in [0.15, 0.2) is 12.3 Å². The molecule has 82 valence electrons. The third kappa shape index (κ3) is 2.46. The Morgan fingerprint density at radius 1 is 1.73 bits per heavy atom. The van der Waals surface area contributed by atoms with Crippen LogP contribution in [0.2, 0.25) is 5.02 Å². The van der Waals surface area contributed by atoms with E-state index in [1.165, 1.54) is 19.2 Å². The predicted molar refractivity (Wildman–Crippen MR) is 58.9 cm³/mol. The van der Waals surface area contributed by atoms with Crippen LogP contribution in [-0.4, -0.2) is 21.5 Å². The number of carbonyl (C=O) groups is 1. The van der Waals surface area contributed by atoms with Gasteiger partial charge in [-0.1, -0.05) is 18.5 Å². The maximum absolute atomic E-state index is 11.8. The number of nitrogen functional groups attached to an aromatic ring is 1. The van der Waals surface area contributed by atoms with E-state index in [0.29, 0.717) is 11.4 Å². The van der Waals surface area contributed by atoms with E-state index in [2.05, 4.69) is 4.98 Å². The Hall–Kier alpha value is -1.13. The van der Waals surface area contributed by atoms with Gasteiger partial charge in [0.2, 0.25) is 0 Å². The van der Waals surface area contributed by atoms with Crippen molar-refractivity contribution in [2.45, 2.75) is 25.9 Å². The first-order chi connectivity index (χ1) is 6.88. The van der Waals surface area contributed by atoms with Crippen LogP contribution in [0.3, 0.4) is 0 Å². The van der Waals surface area contributed by atoms with Gasteiger partial charge in [-0.3, -0.25) is 4.79 Å². The highest BCUT2D eigenvalue weighted by atomic mass is 35.5. The largest absolute Gasteiger partial charge is 0.383 e. The van der Waals surface area contributed by atoms with Crippen molar-refractivity contribution >= 4 is 23.2 Å². The minimum atomic E-state index is -1.43. The molecule has 1 atom stereocenters. The van der Waals surface area contributed by atoms with Crippen molar-refractivity contribution in [3.05, 3.63) is 22.8 Å². The molecule has 15 heavy (non-hydrogen) atoms. The van der Waals surface area contributed by atoms with Crippen molar-refractivity contribution < 1.29 is 9.90 Å². The first-order valence-corrected chi connectivity index (χ1v) is 4.94. The quantitative estimate of drug-likeness (QED) is 0.772. The van der Waals surface area contributed by atoms with E-state index in [9.17, 15) is 9.90 Å². The molecule has 0 aliphatic heterocycles. The number of nitrogens with two attached hydrogens (primary N) is 1. The lowest BCUT2D eigenvalue weighted by Gasteiger charge is -2.20. The zero-order valence-corrected chi connectivity index (χ0v) is 9.38. The monoisotopic (exact) mass is 228 g/mol. The van der Waals surface area contributed by atoms with Gasteiger partial charge >= 0.3 is 0 Å². The third-order valence-electron chi connectivity index (χ3n) is 2.31. The van der Waals surface area contributed by atoms with Crippen molar-refractivity contribution in [2.24, 2.45) is 0 Å². The topological polar surface area (TPSA) is 76.2 Å². The first kappa shape index (κ1) is 11.9. The molecular weight excluding hydrogens is 216 g/mol. The number of halogens is 1. The smallest absolute Gasteiger partial charge is 0.197 e. The van der Waals surface area contributed by atoms with Gasteiger partial charge in [-0.05, 0) is 19.4 Å². The van der Waals surface area contributed by atoms with E-state index < -0.39 is 11.4 Å². The summed E-state index contributed by atoms with van der Waals surface area (Å²) in [5.74, 6) is -0.379. The van der Waals surface area contributed by atoms with E-state index >= 15 is 0 Å². The molecule has 0 amide bonds. The molecule has 0 aliphatic carbocycles. The van der Waals surface area contributed by atoms with Crippen LogP contribution >= 0.6 is 11.6 Å². The van der Waals surface area contributed by atoms with Gasteiger partial charge in [0.1, 0.15) is 11.4 Å². The van der Waals surface area contributed by atoms with Crippen molar-refractivity contribution in [3.8, 4) is 0 Å². The lowest BCUT2D eigenvalue weighted by atomic mass is 9.93. The Kier molecular flexibility index (Phi) is 3.31. The van der Waals surface area contributed by atoms with E-state index in [0.717, 1.165) is 0 Å². The van der Waals surface area contributed by atoms with Gasteiger partial charge < -0.3 is 10.8 Å². The fourth-order valence-corrected chi connectivity index (χ4v) is 1.24. The summed E-state index contributed by atoms with van der Waals surface area (Å²) in [6, 6.07) is 1.41. The summed E-state index contributed by atoms with van der Waals surface area (Å²) in [5.41, 5.74) is 4.27. The van der Waals surface area contributed by atoms with Crippen molar-refractivity contribution in [1.82, 2.24) is 4.98 Å². The van der Waals surface area contributed by atoms with E-state index in [4.69, 9.17) is 17.3 Å². The standard InChI is InChI=1S/C10H13ClN2O2/c1-3-10(2,15)8(14)7-4-6(11)5-13-9(7)12/h4-5,15H,3H2,1-2H3,(H2,12,13). The summed E-state index contributed by atoms with van der Waals surface area (Å²) in [7, 11) is 0. The normalized spacial score (nSPS) is 14.7. The zero-order valence-electron chi connectivity index (χ0n) is 8.62. The number of rotatable bonds is 3. The number of aliphatic hydroxyl groups is 1. The number of pyridine rings is 1. The van der Waals surface area contributed by atoms with Crippen LogP contribution in [0.25, 0.3) is 0 Å². The fraction of sp³-hybridized carbons (Fsp3) is 0.400. The summed E-state index contributed by atoms with van der Waals surface area (Å²) in [6.07, 6.45) is 1.66.